The Kier molecular flexibility index (Phi) is 4.48. The first kappa shape index (κ1) is 16.1. The number of aliphatic carboxylic acids is 1. The lowest BCUT2D eigenvalue weighted by molar-refractivity contribution is -0.155. The maximum absolute atomic E-state index is 11.9. The number of carbonyl (C=O) groups is 2. The molecule has 5 N–H and O–H groups in total. The predicted molar refractivity (Wildman–Crippen MR) is 68.4 cm³/mol. The lowest BCUT2D eigenvalue weighted by atomic mass is 10.1. The Morgan fingerprint density at radius 1 is 1.30 bits per heavy atom. The van der Waals surface area contributed by atoms with Crippen molar-refractivity contribution in [2.75, 3.05) is 6.54 Å². The molecule has 0 aliphatic heterocycles. The van der Waals surface area contributed by atoms with Crippen LogP contribution in [0.5, 0.6) is 0 Å². The Balaban J connectivity index is 2.89. The maximum Gasteiger partial charge on any atom is 0.336 e. The van der Waals surface area contributed by atoms with Crippen LogP contribution in [-0.2, 0) is 14.8 Å². The number of primary amides is 1. The second-order valence-electron chi connectivity index (χ2n) is 4.29. The average Bonchev–Trinajstić information content (AvgIpc) is 2.36. The first-order valence-corrected chi connectivity index (χ1v) is 6.90. The Bertz CT molecular complexity index is 621. The van der Waals surface area contributed by atoms with Crippen LogP contribution in [0.1, 0.15) is 17.3 Å². The van der Waals surface area contributed by atoms with Gasteiger partial charge < -0.3 is 15.9 Å². The molecule has 0 aliphatic rings. The van der Waals surface area contributed by atoms with Gasteiger partial charge in [0.05, 0.1) is 11.4 Å². The number of benzene rings is 1. The van der Waals surface area contributed by atoms with Gasteiger partial charge in [-0.25, -0.2) is 17.9 Å². The highest BCUT2D eigenvalue weighted by Gasteiger charge is 2.31. The van der Waals surface area contributed by atoms with Crippen molar-refractivity contribution < 1.29 is 28.2 Å². The van der Waals surface area contributed by atoms with Crippen molar-refractivity contribution >= 4 is 21.9 Å². The van der Waals surface area contributed by atoms with Crippen LogP contribution in [0.3, 0.4) is 0 Å². The number of amides is 1. The third-order valence-corrected chi connectivity index (χ3v) is 3.93. The van der Waals surface area contributed by atoms with Crippen LogP contribution < -0.4 is 10.5 Å². The van der Waals surface area contributed by atoms with E-state index in [0.717, 1.165) is 19.1 Å². The van der Waals surface area contributed by atoms with Crippen LogP contribution in [0, 0.1) is 0 Å². The zero-order valence-corrected chi connectivity index (χ0v) is 11.3. The summed E-state index contributed by atoms with van der Waals surface area (Å²) in [5.74, 6) is -2.25. The zero-order valence-electron chi connectivity index (χ0n) is 10.5. The summed E-state index contributed by atoms with van der Waals surface area (Å²) < 4.78 is 25.7. The van der Waals surface area contributed by atoms with Crippen LogP contribution in [0.2, 0.25) is 0 Å². The number of hydrogen-bond acceptors (Lipinski definition) is 5. The van der Waals surface area contributed by atoms with Crippen molar-refractivity contribution in [1.29, 1.82) is 0 Å². The molecule has 1 atom stereocenters. The van der Waals surface area contributed by atoms with Crippen molar-refractivity contribution in [3.8, 4) is 0 Å². The number of carboxylic acids is 1. The SMILES string of the molecule is CC(O)(CNS(=O)(=O)c1ccc(C(N)=O)cc1)C(=O)O. The molecule has 0 spiro atoms. The molecule has 0 radical (unpaired) electrons. The highest BCUT2D eigenvalue weighted by molar-refractivity contribution is 7.89. The number of aliphatic hydroxyl groups is 1. The highest BCUT2D eigenvalue weighted by Crippen LogP contribution is 2.11. The molecule has 110 valence electrons. The van der Waals surface area contributed by atoms with Gasteiger partial charge in [0.1, 0.15) is 0 Å². The van der Waals surface area contributed by atoms with Gasteiger partial charge in [0.25, 0.3) is 0 Å². The summed E-state index contributed by atoms with van der Waals surface area (Å²) in [5, 5.41) is 18.1. The van der Waals surface area contributed by atoms with Crippen molar-refractivity contribution in [2.45, 2.75) is 17.4 Å². The Hall–Kier alpha value is -1.97. The number of nitrogens with two attached hydrogens (primary N) is 1. The summed E-state index contributed by atoms with van der Waals surface area (Å²) in [5.41, 5.74) is 2.94. The van der Waals surface area contributed by atoms with E-state index in [9.17, 15) is 23.1 Å². The van der Waals surface area contributed by atoms with Gasteiger partial charge in [-0.2, -0.15) is 0 Å². The van der Waals surface area contributed by atoms with E-state index in [0.29, 0.717) is 0 Å². The highest BCUT2D eigenvalue weighted by atomic mass is 32.2. The van der Waals surface area contributed by atoms with Gasteiger partial charge in [-0.05, 0) is 31.2 Å². The van der Waals surface area contributed by atoms with Crippen molar-refractivity contribution in [3.05, 3.63) is 29.8 Å². The summed E-state index contributed by atoms with van der Waals surface area (Å²) >= 11 is 0. The fourth-order valence-electron chi connectivity index (χ4n) is 1.19. The van der Waals surface area contributed by atoms with Gasteiger partial charge in [0, 0.05) is 5.56 Å². The van der Waals surface area contributed by atoms with E-state index in [1.54, 1.807) is 0 Å². The molecule has 0 saturated carbocycles. The predicted octanol–water partition coefficient (Wildman–Crippen LogP) is -1.10. The lowest BCUT2D eigenvalue weighted by Crippen LogP contribution is -2.46. The summed E-state index contributed by atoms with van der Waals surface area (Å²) in [6.45, 7) is 0.274. The van der Waals surface area contributed by atoms with Crippen LogP contribution in [0.25, 0.3) is 0 Å². The minimum Gasteiger partial charge on any atom is -0.479 e. The second kappa shape index (κ2) is 5.57. The van der Waals surface area contributed by atoms with Gasteiger partial charge in [0.2, 0.25) is 15.9 Å². The van der Waals surface area contributed by atoms with E-state index < -0.39 is 34.0 Å². The third kappa shape index (κ3) is 3.76. The maximum atomic E-state index is 11.9. The Morgan fingerprint density at radius 2 is 1.80 bits per heavy atom. The molecule has 1 rings (SSSR count). The Labute approximate surface area is 115 Å². The van der Waals surface area contributed by atoms with Crippen molar-refractivity contribution in [2.24, 2.45) is 5.73 Å². The third-order valence-electron chi connectivity index (χ3n) is 2.52. The van der Waals surface area contributed by atoms with E-state index in [1.807, 2.05) is 4.72 Å². The Morgan fingerprint density at radius 3 is 2.20 bits per heavy atom. The quantitative estimate of drug-likeness (QED) is 0.524. The molecule has 0 saturated heterocycles. The first-order valence-electron chi connectivity index (χ1n) is 5.41. The van der Waals surface area contributed by atoms with Crippen LogP contribution >= 0.6 is 0 Å². The number of rotatable bonds is 6. The summed E-state index contributed by atoms with van der Waals surface area (Å²) in [6.07, 6.45) is 0. The van der Waals surface area contributed by atoms with Gasteiger partial charge in [0.15, 0.2) is 5.60 Å². The lowest BCUT2D eigenvalue weighted by Gasteiger charge is -2.18. The van der Waals surface area contributed by atoms with Gasteiger partial charge in [-0.1, -0.05) is 0 Å². The molecular formula is C11H14N2O6S. The van der Waals surface area contributed by atoms with Crippen LogP contribution in [0.4, 0.5) is 0 Å². The van der Waals surface area contributed by atoms with Crippen LogP contribution in [0.15, 0.2) is 29.2 Å². The minimum atomic E-state index is -3.99. The summed E-state index contributed by atoms with van der Waals surface area (Å²) in [6, 6.07) is 4.76. The van der Waals surface area contributed by atoms with Gasteiger partial charge in [-0.3, -0.25) is 4.79 Å². The number of carbonyl (C=O) groups excluding carboxylic acids is 1. The molecule has 0 heterocycles. The average molecular weight is 302 g/mol. The second-order valence-corrected chi connectivity index (χ2v) is 6.06. The minimum absolute atomic E-state index is 0.140. The molecule has 1 amide bonds. The largest absolute Gasteiger partial charge is 0.479 e. The molecular weight excluding hydrogens is 288 g/mol. The van der Waals surface area contributed by atoms with Gasteiger partial charge >= 0.3 is 5.97 Å². The fourth-order valence-corrected chi connectivity index (χ4v) is 2.32. The molecule has 1 aromatic carbocycles. The topological polar surface area (TPSA) is 147 Å². The van der Waals surface area contributed by atoms with E-state index in [-0.39, 0.29) is 10.5 Å². The smallest absolute Gasteiger partial charge is 0.336 e. The molecule has 0 fully saturated rings. The van der Waals surface area contributed by atoms with Gasteiger partial charge in [-0.15, -0.1) is 0 Å². The molecule has 9 heteroatoms. The molecule has 1 unspecified atom stereocenters. The first-order chi connectivity index (χ1) is 9.06. The van der Waals surface area contributed by atoms with E-state index in [4.69, 9.17) is 10.8 Å². The standard InChI is InChI=1S/C11H14N2O6S/c1-11(17,10(15)16)6-13-20(18,19)8-4-2-7(3-5-8)9(12)14/h2-5,13,17H,6H2,1H3,(H2,12,14)(H,15,16). The van der Waals surface area contributed by atoms with Crippen LogP contribution in [-0.4, -0.2) is 42.7 Å². The molecule has 1 aromatic rings. The number of hydrogen-bond donors (Lipinski definition) is 4. The normalized spacial score (nSPS) is 14.5. The van der Waals surface area contributed by atoms with E-state index in [2.05, 4.69) is 0 Å². The summed E-state index contributed by atoms with van der Waals surface area (Å²) in [7, 11) is -3.99. The molecule has 0 aromatic heterocycles. The molecule has 0 bridgehead atoms. The summed E-state index contributed by atoms with van der Waals surface area (Å²) in [4.78, 5) is 21.3. The zero-order chi connectivity index (χ0) is 15.6. The molecule has 20 heavy (non-hydrogen) atoms. The molecule has 0 aliphatic carbocycles. The number of nitrogens with one attached hydrogen (secondary N) is 1. The number of sulfonamides is 1. The van der Waals surface area contributed by atoms with E-state index >= 15 is 0 Å². The molecule has 8 nitrogen and oxygen atoms in total. The monoisotopic (exact) mass is 302 g/mol. The van der Waals surface area contributed by atoms with Crippen molar-refractivity contribution in [3.63, 3.8) is 0 Å². The van der Waals surface area contributed by atoms with E-state index in [1.165, 1.54) is 12.1 Å². The number of carboxylic acid groups (broad SMARTS) is 1. The van der Waals surface area contributed by atoms with Crippen molar-refractivity contribution in [1.82, 2.24) is 4.72 Å². The fraction of sp³-hybridized carbons (Fsp3) is 0.273.